The quantitative estimate of drug-likeness (QED) is 0.681. The van der Waals surface area contributed by atoms with Crippen LogP contribution in [0.4, 0.5) is 0 Å². The molecule has 1 aromatic rings. The molecule has 2 heteroatoms. The Balaban J connectivity index is 2.56. The summed E-state index contributed by atoms with van der Waals surface area (Å²) in [6.45, 7) is 10.9. The SMILES string of the molecule is C=Cc1ccc(CS[Si](C)(C)C)cc1. The lowest BCUT2D eigenvalue weighted by molar-refractivity contribution is 1.42. The predicted molar refractivity (Wildman–Crippen MR) is 71.2 cm³/mol. The minimum atomic E-state index is -0.965. The molecule has 0 fully saturated rings. The predicted octanol–water partition coefficient (Wildman–Crippen LogP) is 4.40. The fourth-order valence-corrected chi connectivity index (χ4v) is 3.64. The van der Waals surface area contributed by atoms with E-state index in [0.717, 1.165) is 5.75 Å². The standard InChI is InChI=1S/C12H18SSi/c1-5-11-6-8-12(9-7-11)10-13-14(2,3)4/h5-9H,1,10H2,2-4H3. The summed E-state index contributed by atoms with van der Waals surface area (Å²) >= 11 is 2.11. The molecule has 0 unspecified atom stereocenters. The zero-order valence-electron chi connectivity index (χ0n) is 9.21. The topological polar surface area (TPSA) is 0 Å². The number of hydrogen-bond acceptors (Lipinski definition) is 1. The van der Waals surface area contributed by atoms with Crippen LogP contribution in [0, 0.1) is 0 Å². The third kappa shape index (κ3) is 4.16. The summed E-state index contributed by atoms with van der Waals surface area (Å²) in [4.78, 5) is 0. The van der Waals surface area contributed by atoms with Gasteiger partial charge in [0.2, 0.25) is 0 Å². The third-order valence-electron chi connectivity index (χ3n) is 1.89. The first-order chi connectivity index (χ1) is 6.51. The fourth-order valence-electron chi connectivity index (χ4n) is 1.05. The lowest BCUT2D eigenvalue weighted by Gasteiger charge is -2.14. The van der Waals surface area contributed by atoms with Gasteiger partial charge in [0, 0.05) is 5.75 Å². The van der Waals surface area contributed by atoms with E-state index in [4.69, 9.17) is 0 Å². The van der Waals surface area contributed by atoms with Crippen molar-refractivity contribution in [2.24, 2.45) is 0 Å². The zero-order valence-corrected chi connectivity index (χ0v) is 11.0. The molecular weight excluding hydrogens is 204 g/mol. The first kappa shape index (κ1) is 11.6. The van der Waals surface area contributed by atoms with Gasteiger partial charge in [0.25, 0.3) is 0 Å². The van der Waals surface area contributed by atoms with Crippen molar-refractivity contribution in [1.29, 1.82) is 0 Å². The molecule has 14 heavy (non-hydrogen) atoms. The van der Waals surface area contributed by atoms with Gasteiger partial charge in [-0.15, -0.1) is 0 Å². The van der Waals surface area contributed by atoms with Crippen molar-refractivity contribution in [3.63, 3.8) is 0 Å². The van der Waals surface area contributed by atoms with E-state index in [1.54, 1.807) is 0 Å². The van der Waals surface area contributed by atoms with Crippen LogP contribution in [-0.2, 0) is 5.75 Å². The van der Waals surface area contributed by atoms with Crippen molar-refractivity contribution in [2.75, 3.05) is 0 Å². The maximum Gasteiger partial charge on any atom is 0.108 e. The average Bonchev–Trinajstić information content (AvgIpc) is 2.14. The Hall–Kier alpha value is -0.473. The second-order valence-corrected chi connectivity index (χ2v) is 13.7. The minimum Gasteiger partial charge on any atom is -0.181 e. The van der Waals surface area contributed by atoms with Crippen molar-refractivity contribution in [3.05, 3.63) is 42.0 Å². The molecular formula is C12H18SSi. The van der Waals surface area contributed by atoms with Gasteiger partial charge < -0.3 is 0 Å². The molecule has 1 aromatic carbocycles. The molecule has 0 spiro atoms. The molecule has 0 aliphatic carbocycles. The van der Waals surface area contributed by atoms with Crippen LogP contribution < -0.4 is 0 Å². The highest BCUT2D eigenvalue weighted by Crippen LogP contribution is 2.24. The van der Waals surface area contributed by atoms with Crippen LogP contribution in [0.1, 0.15) is 11.1 Å². The molecule has 0 heterocycles. The molecule has 0 aliphatic rings. The Morgan fingerprint density at radius 2 is 1.79 bits per heavy atom. The second kappa shape index (κ2) is 4.85. The van der Waals surface area contributed by atoms with E-state index in [9.17, 15) is 0 Å². The van der Waals surface area contributed by atoms with Crippen LogP contribution in [-0.4, -0.2) is 7.22 Å². The third-order valence-corrected chi connectivity index (χ3v) is 6.26. The molecule has 0 saturated heterocycles. The normalized spacial score (nSPS) is 11.4. The molecule has 0 bridgehead atoms. The van der Waals surface area contributed by atoms with Crippen LogP contribution in [0.25, 0.3) is 6.08 Å². The molecule has 1 rings (SSSR count). The molecule has 0 N–H and O–H groups in total. The largest absolute Gasteiger partial charge is 0.181 e. The Labute approximate surface area is 92.1 Å². The summed E-state index contributed by atoms with van der Waals surface area (Å²) < 4.78 is 0. The van der Waals surface area contributed by atoms with Gasteiger partial charge in [-0.3, -0.25) is 0 Å². The summed E-state index contributed by atoms with van der Waals surface area (Å²) in [6.07, 6.45) is 1.88. The summed E-state index contributed by atoms with van der Waals surface area (Å²) in [5, 5.41) is 0. The molecule has 0 atom stereocenters. The Morgan fingerprint density at radius 1 is 1.21 bits per heavy atom. The summed E-state index contributed by atoms with van der Waals surface area (Å²) in [6, 6.07) is 8.66. The second-order valence-electron chi connectivity index (χ2n) is 4.35. The summed E-state index contributed by atoms with van der Waals surface area (Å²) in [7, 11) is -0.965. The molecule has 0 amide bonds. The Bertz CT molecular complexity index is 295. The molecule has 0 aromatic heterocycles. The molecule has 0 nitrogen and oxygen atoms in total. The van der Waals surface area contributed by atoms with Crippen molar-refractivity contribution in [2.45, 2.75) is 25.4 Å². The van der Waals surface area contributed by atoms with Crippen LogP contribution in [0.2, 0.25) is 19.6 Å². The maximum atomic E-state index is 3.75. The Kier molecular flexibility index (Phi) is 4.02. The minimum absolute atomic E-state index is 0.965. The van der Waals surface area contributed by atoms with E-state index in [2.05, 4.69) is 61.7 Å². The van der Waals surface area contributed by atoms with Crippen LogP contribution in [0.5, 0.6) is 0 Å². The van der Waals surface area contributed by atoms with E-state index < -0.39 is 7.22 Å². The maximum absolute atomic E-state index is 3.75. The van der Waals surface area contributed by atoms with Gasteiger partial charge in [0.05, 0.1) is 0 Å². The highest BCUT2D eigenvalue weighted by molar-refractivity contribution is 8.28. The van der Waals surface area contributed by atoms with Gasteiger partial charge in [0.1, 0.15) is 7.22 Å². The van der Waals surface area contributed by atoms with Gasteiger partial charge in [-0.05, 0) is 11.1 Å². The smallest absolute Gasteiger partial charge is 0.108 e. The summed E-state index contributed by atoms with van der Waals surface area (Å²) in [5.74, 6) is 1.15. The van der Waals surface area contributed by atoms with Crippen molar-refractivity contribution < 1.29 is 0 Å². The fraction of sp³-hybridized carbons (Fsp3) is 0.333. The molecule has 0 radical (unpaired) electrons. The van der Waals surface area contributed by atoms with Crippen molar-refractivity contribution in [1.82, 2.24) is 0 Å². The van der Waals surface area contributed by atoms with Gasteiger partial charge in [0.15, 0.2) is 0 Å². The first-order valence-electron chi connectivity index (χ1n) is 4.86. The Morgan fingerprint density at radius 3 is 2.21 bits per heavy atom. The van der Waals surface area contributed by atoms with Gasteiger partial charge >= 0.3 is 0 Å². The molecule has 0 saturated carbocycles. The van der Waals surface area contributed by atoms with Crippen molar-refractivity contribution in [3.8, 4) is 0 Å². The van der Waals surface area contributed by atoms with Gasteiger partial charge in [-0.25, -0.2) is 0 Å². The van der Waals surface area contributed by atoms with Gasteiger partial charge in [-0.1, -0.05) is 56.6 Å². The van der Waals surface area contributed by atoms with Crippen molar-refractivity contribution >= 4 is 24.5 Å². The van der Waals surface area contributed by atoms with Crippen LogP contribution in [0.3, 0.4) is 0 Å². The number of rotatable bonds is 4. The average molecular weight is 222 g/mol. The first-order valence-corrected chi connectivity index (χ1v) is 10.1. The zero-order chi connectivity index (χ0) is 10.6. The lowest BCUT2D eigenvalue weighted by atomic mass is 10.1. The van der Waals surface area contributed by atoms with E-state index in [1.165, 1.54) is 11.1 Å². The number of hydrogen-bond donors (Lipinski definition) is 0. The van der Waals surface area contributed by atoms with E-state index in [0.29, 0.717) is 0 Å². The highest BCUT2D eigenvalue weighted by atomic mass is 32.4. The van der Waals surface area contributed by atoms with E-state index >= 15 is 0 Å². The van der Waals surface area contributed by atoms with E-state index in [-0.39, 0.29) is 0 Å². The molecule has 0 aliphatic heterocycles. The number of benzene rings is 1. The summed E-state index contributed by atoms with van der Waals surface area (Å²) in [5.41, 5.74) is 2.62. The lowest BCUT2D eigenvalue weighted by Crippen LogP contribution is -2.13. The van der Waals surface area contributed by atoms with Crippen LogP contribution in [0.15, 0.2) is 30.8 Å². The highest BCUT2D eigenvalue weighted by Gasteiger charge is 2.12. The van der Waals surface area contributed by atoms with E-state index in [1.807, 2.05) is 6.08 Å². The van der Waals surface area contributed by atoms with Crippen LogP contribution >= 0.6 is 11.2 Å². The van der Waals surface area contributed by atoms with Gasteiger partial charge in [-0.2, -0.15) is 11.2 Å². The molecule has 76 valence electrons. The monoisotopic (exact) mass is 222 g/mol.